The first-order chi connectivity index (χ1) is 18.8. The number of phenolic OH excluding ortho intramolecular Hbond substituents is 1. The van der Waals surface area contributed by atoms with Gasteiger partial charge in [-0.1, -0.05) is 46.6 Å². The maximum absolute atomic E-state index is 14.3. The van der Waals surface area contributed by atoms with Gasteiger partial charge in [0.25, 0.3) is 0 Å². The molecule has 0 saturated carbocycles. The second-order valence-corrected chi connectivity index (χ2v) is 11.4. The Kier molecular flexibility index (Phi) is 9.67. The highest BCUT2D eigenvalue weighted by molar-refractivity contribution is 6.08. The SMILES string of the molecule is COc1cc(O)c2c(=O)c3c(oc2c1CC=C(C)C)C=C(O)C(=O)[C@@]3(CC=C(C)C)C/C=C(\C)CCC=C(C)C. The Hall–Kier alpha value is -3.80. The molecule has 2 N–H and O–H groups in total. The van der Waals surface area contributed by atoms with Crippen molar-refractivity contribution in [2.24, 2.45) is 0 Å². The summed E-state index contributed by atoms with van der Waals surface area (Å²) in [6.07, 6.45) is 11.8. The molecule has 0 amide bonds. The molecule has 6 heteroatoms. The predicted molar refractivity (Wildman–Crippen MR) is 162 cm³/mol. The van der Waals surface area contributed by atoms with Gasteiger partial charge in [0.2, 0.25) is 11.2 Å². The van der Waals surface area contributed by atoms with Crippen LogP contribution >= 0.6 is 0 Å². The monoisotopic (exact) mass is 546 g/mol. The highest BCUT2D eigenvalue weighted by Crippen LogP contribution is 2.44. The van der Waals surface area contributed by atoms with Gasteiger partial charge in [0.15, 0.2) is 5.76 Å². The summed E-state index contributed by atoms with van der Waals surface area (Å²) in [7, 11) is 1.49. The van der Waals surface area contributed by atoms with E-state index in [1.807, 2.05) is 52.8 Å². The molecule has 0 saturated heterocycles. The second-order valence-electron chi connectivity index (χ2n) is 11.4. The Morgan fingerprint density at radius 1 is 0.925 bits per heavy atom. The summed E-state index contributed by atoms with van der Waals surface area (Å²) in [4.78, 5) is 28.1. The summed E-state index contributed by atoms with van der Waals surface area (Å²) in [5.74, 6) is -0.754. The van der Waals surface area contributed by atoms with Gasteiger partial charge in [-0.25, -0.2) is 0 Å². The summed E-state index contributed by atoms with van der Waals surface area (Å²) < 4.78 is 11.8. The first-order valence-electron chi connectivity index (χ1n) is 13.7. The molecule has 0 fully saturated rings. The van der Waals surface area contributed by atoms with Gasteiger partial charge in [-0.2, -0.15) is 0 Å². The Balaban J connectivity index is 2.36. The van der Waals surface area contributed by atoms with E-state index < -0.39 is 22.4 Å². The van der Waals surface area contributed by atoms with E-state index in [4.69, 9.17) is 9.15 Å². The molecule has 0 bridgehead atoms. The summed E-state index contributed by atoms with van der Waals surface area (Å²) >= 11 is 0. The fraction of sp³-hybridized carbons (Fsp3) is 0.412. The lowest BCUT2D eigenvalue weighted by molar-refractivity contribution is -0.123. The van der Waals surface area contributed by atoms with E-state index in [2.05, 4.69) is 19.9 Å². The third-order valence-corrected chi connectivity index (χ3v) is 7.33. The van der Waals surface area contributed by atoms with Crippen molar-refractivity contribution in [1.29, 1.82) is 0 Å². The molecule has 1 aromatic carbocycles. The molecule has 0 aliphatic heterocycles. The topological polar surface area (TPSA) is 97.0 Å². The summed E-state index contributed by atoms with van der Waals surface area (Å²) in [6.45, 7) is 13.9. The number of aliphatic hydroxyl groups excluding tert-OH is 1. The molecule has 3 rings (SSSR count). The van der Waals surface area contributed by atoms with Gasteiger partial charge in [0, 0.05) is 17.7 Å². The molecule has 0 spiro atoms. The van der Waals surface area contributed by atoms with Crippen LogP contribution in [0.5, 0.6) is 11.5 Å². The van der Waals surface area contributed by atoms with E-state index in [0.29, 0.717) is 17.7 Å². The molecular weight excluding hydrogens is 504 g/mol. The highest BCUT2D eigenvalue weighted by Gasteiger charge is 2.47. The maximum Gasteiger partial charge on any atom is 0.208 e. The van der Waals surface area contributed by atoms with Crippen LogP contribution in [0.15, 0.2) is 67.6 Å². The van der Waals surface area contributed by atoms with Gasteiger partial charge in [-0.3, -0.25) is 9.59 Å². The molecule has 1 heterocycles. The number of carbonyl (C=O) groups excluding carboxylic acids is 1. The van der Waals surface area contributed by atoms with Crippen LogP contribution < -0.4 is 10.2 Å². The third-order valence-electron chi connectivity index (χ3n) is 7.33. The summed E-state index contributed by atoms with van der Waals surface area (Å²) in [5, 5.41) is 21.9. The first kappa shape index (κ1) is 30.7. The van der Waals surface area contributed by atoms with Crippen LogP contribution in [0.4, 0.5) is 0 Å². The minimum Gasteiger partial charge on any atom is -0.507 e. The van der Waals surface area contributed by atoms with E-state index in [-0.39, 0.29) is 40.9 Å². The van der Waals surface area contributed by atoms with Crippen LogP contribution in [0.25, 0.3) is 17.0 Å². The molecular formula is C34H42O6. The number of ether oxygens (including phenoxy) is 1. The fourth-order valence-electron chi connectivity index (χ4n) is 5.07. The number of methoxy groups -OCH3 is 1. The number of carbonyl (C=O) groups is 1. The molecule has 40 heavy (non-hydrogen) atoms. The average Bonchev–Trinajstić information content (AvgIpc) is 2.87. The number of benzene rings is 1. The fourth-order valence-corrected chi connectivity index (χ4v) is 5.07. The Morgan fingerprint density at radius 3 is 2.15 bits per heavy atom. The van der Waals surface area contributed by atoms with Gasteiger partial charge in [0.05, 0.1) is 18.1 Å². The van der Waals surface area contributed by atoms with Crippen molar-refractivity contribution in [3.05, 3.63) is 85.5 Å². The molecule has 1 atom stereocenters. The molecule has 6 nitrogen and oxygen atoms in total. The zero-order chi connectivity index (χ0) is 29.8. The number of hydrogen-bond acceptors (Lipinski definition) is 6. The predicted octanol–water partition coefficient (Wildman–Crippen LogP) is 8.17. The molecule has 1 aliphatic rings. The average molecular weight is 547 g/mol. The molecule has 0 unspecified atom stereocenters. The lowest BCUT2D eigenvalue weighted by atomic mass is 9.67. The smallest absolute Gasteiger partial charge is 0.208 e. The quantitative estimate of drug-likeness (QED) is 0.292. The number of fused-ring (bicyclic) bond motifs is 2. The van der Waals surface area contributed by atoms with E-state index in [0.717, 1.165) is 29.6 Å². The standard InChI is InChI=1S/C34H42O6/c1-20(2)10-9-11-23(7)15-17-34(16-14-22(5)6)30-28(19-26(36)33(34)38)40-32-24(13-12-21(3)4)27(39-8)18-25(35)29(32)31(30)37/h10,12,14-15,18-19,35-36H,9,11,13,16-17H2,1-8H3/b23-15+/t34-/m0/s1. The van der Waals surface area contributed by atoms with Crippen LogP contribution in [0.2, 0.25) is 0 Å². The molecule has 214 valence electrons. The van der Waals surface area contributed by atoms with E-state index in [1.54, 1.807) is 0 Å². The lowest BCUT2D eigenvalue weighted by Crippen LogP contribution is -2.43. The maximum atomic E-state index is 14.3. The van der Waals surface area contributed by atoms with Crippen LogP contribution in [0.3, 0.4) is 0 Å². The number of Topliss-reactive ketones (excluding diaryl/α,β-unsaturated/α-hetero) is 1. The minimum absolute atomic E-state index is 0.00475. The molecule has 1 aliphatic carbocycles. The van der Waals surface area contributed by atoms with Gasteiger partial charge in [0.1, 0.15) is 28.2 Å². The first-order valence-corrected chi connectivity index (χ1v) is 13.7. The van der Waals surface area contributed by atoms with Crippen molar-refractivity contribution in [2.45, 2.75) is 86.0 Å². The zero-order valence-corrected chi connectivity index (χ0v) is 25.0. The van der Waals surface area contributed by atoms with Crippen molar-refractivity contribution in [1.82, 2.24) is 0 Å². The summed E-state index contributed by atoms with van der Waals surface area (Å²) in [6, 6.07) is 1.42. The zero-order valence-electron chi connectivity index (χ0n) is 25.0. The van der Waals surface area contributed by atoms with E-state index in [1.165, 1.54) is 24.8 Å². The third kappa shape index (κ3) is 6.33. The largest absolute Gasteiger partial charge is 0.507 e. The van der Waals surface area contributed by atoms with Crippen molar-refractivity contribution >= 4 is 22.8 Å². The van der Waals surface area contributed by atoms with E-state index >= 15 is 0 Å². The molecule has 1 aromatic heterocycles. The number of hydrogen-bond donors (Lipinski definition) is 2. The number of aromatic hydroxyl groups is 1. The normalized spacial score (nSPS) is 16.8. The Labute approximate surface area is 237 Å². The molecule has 2 aromatic rings. The molecule has 0 radical (unpaired) electrons. The lowest BCUT2D eigenvalue weighted by Gasteiger charge is -2.34. The van der Waals surface area contributed by atoms with Crippen molar-refractivity contribution < 1.29 is 24.2 Å². The minimum atomic E-state index is -1.38. The van der Waals surface area contributed by atoms with Crippen molar-refractivity contribution in [3.8, 4) is 11.5 Å². The van der Waals surface area contributed by atoms with Crippen molar-refractivity contribution in [3.63, 3.8) is 0 Å². The van der Waals surface area contributed by atoms with Gasteiger partial charge < -0.3 is 19.4 Å². The van der Waals surface area contributed by atoms with E-state index in [9.17, 15) is 19.8 Å². The van der Waals surface area contributed by atoms with Gasteiger partial charge >= 0.3 is 0 Å². The van der Waals surface area contributed by atoms with Gasteiger partial charge in [-0.15, -0.1) is 0 Å². The second kappa shape index (κ2) is 12.6. The number of aliphatic hydroxyl groups is 1. The van der Waals surface area contributed by atoms with Crippen LogP contribution in [0.1, 0.15) is 91.0 Å². The Bertz CT molecular complexity index is 1510. The number of phenols is 1. The Morgan fingerprint density at radius 2 is 1.55 bits per heavy atom. The van der Waals surface area contributed by atoms with Crippen LogP contribution in [0, 0.1) is 0 Å². The highest BCUT2D eigenvalue weighted by atomic mass is 16.5. The number of allylic oxidation sites excluding steroid dienone is 9. The van der Waals surface area contributed by atoms with Crippen LogP contribution in [-0.2, 0) is 16.6 Å². The number of rotatable bonds is 10. The summed E-state index contributed by atoms with van der Waals surface area (Å²) in [5.41, 5.74) is 3.44. The van der Waals surface area contributed by atoms with Crippen LogP contribution in [-0.4, -0.2) is 23.1 Å². The van der Waals surface area contributed by atoms with Gasteiger partial charge in [-0.05, 0) is 80.6 Å². The van der Waals surface area contributed by atoms with Crippen molar-refractivity contribution in [2.75, 3.05) is 7.11 Å². The number of ketones is 1.